The van der Waals surface area contributed by atoms with Gasteiger partial charge in [-0.1, -0.05) is 26.0 Å². The SMILES string of the molecule is CS(=O)c1ccc(CNC(=O)NCC(C)(C)CCO)cc1. The summed E-state index contributed by atoms with van der Waals surface area (Å²) in [7, 11) is -0.985. The number of carbonyl (C=O) groups is 1. The fraction of sp³-hybridized carbons (Fsp3) is 0.533. The van der Waals surface area contributed by atoms with Crippen LogP contribution in [0, 0.1) is 5.41 Å². The minimum atomic E-state index is -0.985. The number of aliphatic hydroxyl groups excluding tert-OH is 1. The first kappa shape index (κ1) is 17.7. The van der Waals surface area contributed by atoms with Gasteiger partial charge in [-0.2, -0.15) is 0 Å². The van der Waals surface area contributed by atoms with Gasteiger partial charge in [-0.3, -0.25) is 4.21 Å². The number of urea groups is 1. The summed E-state index contributed by atoms with van der Waals surface area (Å²) in [6.45, 7) is 5.03. The van der Waals surface area contributed by atoms with Crippen LogP contribution < -0.4 is 10.6 Å². The topological polar surface area (TPSA) is 78.4 Å². The lowest BCUT2D eigenvalue weighted by atomic mass is 9.90. The van der Waals surface area contributed by atoms with Crippen LogP contribution in [0.3, 0.4) is 0 Å². The zero-order valence-corrected chi connectivity index (χ0v) is 13.6. The third-order valence-corrected chi connectivity index (χ3v) is 4.16. The number of hydrogen-bond donors (Lipinski definition) is 3. The first-order valence-electron chi connectivity index (χ1n) is 6.89. The number of benzene rings is 1. The van der Waals surface area contributed by atoms with E-state index in [1.807, 2.05) is 26.0 Å². The molecule has 1 rings (SSSR count). The van der Waals surface area contributed by atoms with E-state index in [1.165, 1.54) is 0 Å². The minimum absolute atomic E-state index is 0.113. The van der Waals surface area contributed by atoms with Crippen LogP contribution in [0.25, 0.3) is 0 Å². The molecule has 0 radical (unpaired) electrons. The minimum Gasteiger partial charge on any atom is -0.396 e. The zero-order chi connectivity index (χ0) is 15.9. The van der Waals surface area contributed by atoms with Crippen LogP contribution in [0.15, 0.2) is 29.2 Å². The maximum absolute atomic E-state index is 11.7. The highest BCUT2D eigenvalue weighted by molar-refractivity contribution is 7.84. The number of hydrogen-bond acceptors (Lipinski definition) is 3. The van der Waals surface area contributed by atoms with Crippen LogP contribution in [0.2, 0.25) is 0 Å². The second-order valence-corrected chi connectivity index (χ2v) is 7.15. The molecule has 1 unspecified atom stereocenters. The number of rotatable bonds is 7. The van der Waals surface area contributed by atoms with Crippen molar-refractivity contribution in [2.45, 2.75) is 31.7 Å². The highest BCUT2D eigenvalue weighted by Crippen LogP contribution is 2.17. The van der Waals surface area contributed by atoms with Gasteiger partial charge >= 0.3 is 6.03 Å². The molecule has 0 bridgehead atoms. The van der Waals surface area contributed by atoms with Crippen molar-refractivity contribution in [2.24, 2.45) is 5.41 Å². The molecule has 0 aliphatic rings. The highest BCUT2D eigenvalue weighted by Gasteiger charge is 2.17. The molecule has 0 saturated heterocycles. The van der Waals surface area contributed by atoms with E-state index < -0.39 is 10.8 Å². The quantitative estimate of drug-likeness (QED) is 0.716. The summed E-state index contributed by atoms with van der Waals surface area (Å²) in [6, 6.07) is 7.08. The summed E-state index contributed by atoms with van der Waals surface area (Å²) in [6.07, 6.45) is 2.28. The Labute approximate surface area is 128 Å². The molecule has 118 valence electrons. The Balaban J connectivity index is 2.37. The van der Waals surface area contributed by atoms with Crippen molar-refractivity contribution in [3.05, 3.63) is 29.8 Å². The predicted octanol–water partition coefficient (Wildman–Crippen LogP) is 1.63. The average Bonchev–Trinajstić information content (AvgIpc) is 2.43. The van der Waals surface area contributed by atoms with Gasteiger partial charge in [-0.15, -0.1) is 0 Å². The first-order chi connectivity index (χ1) is 9.84. The van der Waals surface area contributed by atoms with Crippen LogP contribution >= 0.6 is 0 Å². The fourth-order valence-corrected chi connectivity index (χ4v) is 2.27. The second kappa shape index (κ2) is 8.14. The van der Waals surface area contributed by atoms with E-state index in [0.717, 1.165) is 10.5 Å². The van der Waals surface area contributed by atoms with E-state index in [0.29, 0.717) is 19.5 Å². The molecule has 0 heterocycles. The second-order valence-electron chi connectivity index (χ2n) is 5.77. The van der Waals surface area contributed by atoms with Crippen LogP contribution in [-0.4, -0.2) is 34.8 Å². The van der Waals surface area contributed by atoms with E-state index >= 15 is 0 Å². The standard InChI is InChI=1S/C15H24N2O3S/c1-15(2,8-9-18)11-17-14(19)16-10-12-4-6-13(7-5-12)21(3)20/h4-7,18H,8-11H2,1-3H3,(H2,16,17,19). The molecule has 0 spiro atoms. The molecule has 5 nitrogen and oxygen atoms in total. The summed E-state index contributed by atoms with van der Waals surface area (Å²) in [5.41, 5.74) is 0.827. The summed E-state index contributed by atoms with van der Waals surface area (Å²) < 4.78 is 11.3. The number of aliphatic hydroxyl groups is 1. The van der Waals surface area contributed by atoms with E-state index in [4.69, 9.17) is 5.11 Å². The molecular formula is C15H24N2O3S. The lowest BCUT2D eigenvalue weighted by Crippen LogP contribution is -2.40. The van der Waals surface area contributed by atoms with Crippen molar-refractivity contribution in [1.82, 2.24) is 10.6 Å². The van der Waals surface area contributed by atoms with Crippen molar-refractivity contribution in [1.29, 1.82) is 0 Å². The molecule has 0 saturated carbocycles. The van der Waals surface area contributed by atoms with Crippen LogP contribution in [-0.2, 0) is 17.3 Å². The summed E-state index contributed by atoms with van der Waals surface area (Å²) in [5, 5.41) is 14.5. The molecule has 0 fully saturated rings. The van der Waals surface area contributed by atoms with E-state index in [2.05, 4.69) is 10.6 Å². The Morgan fingerprint density at radius 1 is 1.24 bits per heavy atom. The van der Waals surface area contributed by atoms with Gasteiger partial charge in [0.15, 0.2) is 0 Å². The maximum Gasteiger partial charge on any atom is 0.315 e. The molecular weight excluding hydrogens is 288 g/mol. The van der Waals surface area contributed by atoms with Crippen molar-refractivity contribution in [3.63, 3.8) is 0 Å². The lowest BCUT2D eigenvalue weighted by Gasteiger charge is -2.23. The third-order valence-electron chi connectivity index (χ3n) is 3.22. The first-order valence-corrected chi connectivity index (χ1v) is 8.45. The van der Waals surface area contributed by atoms with Gasteiger partial charge in [-0.05, 0) is 29.5 Å². The molecule has 0 aliphatic heterocycles. The van der Waals surface area contributed by atoms with Gasteiger partial charge in [0.05, 0.1) is 0 Å². The van der Waals surface area contributed by atoms with Crippen LogP contribution in [0.1, 0.15) is 25.8 Å². The van der Waals surface area contributed by atoms with Crippen LogP contribution in [0.5, 0.6) is 0 Å². The normalized spacial score (nSPS) is 12.8. The number of nitrogens with one attached hydrogen (secondary N) is 2. The Kier molecular flexibility index (Phi) is 6.84. The molecule has 1 atom stereocenters. The van der Waals surface area contributed by atoms with Gasteiger partial charge < -0.3 is 15.7 Å². The molecule has 0 aliphatic carbocycles. The van der Waals surface area contributed by atoms with Gasteiger partial charge in [0.1, 0.15) is 0 Å². The molecule has 3 N–H and O–H groups in total. The molecule has 2 amide bonds. The van der Waals surface area contributed by atoms with Crippen molar-refractivity contribution < 1.29 is 14.1 Å². The Morgan fingerprint density at radius 2 is 1.86 bits per heavy atom. The summed E-state index contributed by atoms with van der Waals surface area (Å²) >= 11 is 0. The predicted molar refractivity (Wildman–Crippen MR) is 84.5 cm³/mol. The van der Waals surface area contributed by atoms with Gasteiger partial charge in [-0.25, -0.2) is 4.79 Å². The maximum atomic E-state index is 11.7. The molecule has 21 heavy (non-hydrogen) atoms. The Bertz CT molecular complexity index is 486. The van der Waals surface area contributed by atoms with Gasteiger partial charge in [0, 0.05) is 41.6 Å². The molecule has 6 heteroatoms. The fourth-order valence-electron chi connectivity index (χ4n) is 1.75. The lowest BCUT2D eigenvalue weighted by molar-refractivity contribution is 0.201. The van der Waals surface area contributed by atoms with Crippen LogP contribution in [0.4, 0.5) is 4.79 Å². The van der Waals surface area contributed by atoms with Gasteiger partial charge in [0.25, 0.3) is 0 Å². The van der Waals surface area contributed by atoms with Gasteiger partial charge in [0.2, 0.25) is 0 Å². The average molecular weight is 312 g/mol. The monoisotopic (exact) mass is 312 g/mol. The zero-order valence-electron chi connectivity index (χ0n) is 12.8. The van der Waals surface area contributed by atoms with E-state index in [1.54, 1.807) is 18.4 Å². The van der Waals surface area contributed by atoms with Crippen molar-refractivity contribution >= 4 is 16.8 Å². The Hall–Kier alpha value is -1.40. The van der Waals surface area contributed by atoms with E-state index in [9.17, 15) is 9.00 Å². The summed E-state index contributed by atoms with van der Waals surface area (Å²) in [5.74, 6) is 0. The molecule has 1 aromatic carbocycles. The Morgan fingerprint density at radius 3 is 2.38 bits per heavy atom. The smallest absolute Gasteiger partial charge is 0.315 e. The number of amides is 2. The van der Waals surface area contributed by atoms with Crippen molar-refractivity contribution in [3.8, 4) is 0 Å². The summed E-state index contributed by atoms with van der Waals surface area (Å²) in [4.78, 5) is 12.5. The van der Waals surface area contributed by atoms with Crippen molar-refractivity contribution in [2.75, 3.05) is 19.4 Å². The largest absolute Gasteiger partial charge is 0.396 e. The molecule has 1 aromatic rings. The molecule has 0 aromatic heterocycles. The van der Waals surface area contributed by atoms with E-state index in [-0.39, 0.29) is 18.1 Å². The third kappa shape index (κ3) is 6.73. The number of carbonyl (C=O) groups excluding carboxylic acids is 1. The highest BCUT2D eigenvalue weighted by atomic mass is 32.2.